The van der Waals surface area contributed by atoms with Crippen molar-refractivity contribution in [1.82, 2.24) is 16.0 Å². The molecule has 0 aromatic carbocycles. The van der Waals surface area contributed by atoms with Gasteiger partial charge in [-0.15, -0.1) is 0 Å². The Morgan fingerprint density at radius 2 is 1.93 bits per heavy atom. The van der Waals surface area contributed by atoms with Gasteiger partial charge in [0, 0.05) is 17.4 Å². The Kier molecular flexibility index (Phi) is 7.78. The van der Waals surface area contributed by atoms with Gasteiger partial charge in [-0.3, -0.25) is 24.3 Å². The fourth-order valence-electron chi connectivity index (χ4n) is 3.40. The molecule has 0 bridgehead atoms. The third-order valence-electron chi connectivity index (χ3n) is 4.68. The number of esters is 1. The van der Waals surface area contributed by atoms with Gasteiger partial charge in [-0.25, -0.2) is 4.79 Å². The average Bonchev–Trinajstić information content (AvgIpc) is 3.17. The zero-order valence-corrected chi connectivity index (χ0v) is 18.7. The van der Waals surface area contributed by atoms with E-state index in [0.717, 1.165) is 12.2 Å². The third kappa shape index (κ3) is 5.19. The number of imide groups is 1. The molecule has 3 aliphatic heterocycles. The Morgan fingerprint density at radius 3 is 2.61 bits per heavy atom. The van der Waals surface area contributed by atoms with Gasteiger partial charge in [-0.05, 0) is 12.8 Å². The molecule has 11 nitrogen and oxygen atoms in total. The van der Waals surface area contributed by atoms with Gasteiger partial charge in [0.1, 0.15) is 0 Å². The summed E-state index contributed by atoms with van der Waals surface area (Å²) in [4.78, 5) is 46.2. The Labute approximate surface area is 189 Å². The topological polar surface area (TPSA) is 168 Å². The van der Waals surface area contributed by atoms with Crippen LogP contribution in [0.25, 0.3) is 0 Å². The van der Waals surface area contributed by atoms with Crippen molar-refractivity contribution in [1.29, 1.82) is 0 Å². The first-order valence-electron chi connectivity index (χ1n) is 8.36. The molecule has 3 heterocycles. The summed E-state index contributed by atoms with van der Waals surface area (Å²) >= 11 is 1.75. The van der Waals surface area contributed by atoms with E-state index in [1.54, 1.807) is 17.1 Å². The van der Waals surface area contributed by atoms with Crippen LogP contribution in [0.3, 0.4) is 0 Å². The zero-order valence-electron chi connectivity index (χ0n) is 16.0. The summed E-state index contributed by atoms with van der Waals surface area (Å²) in [5.41, 5.74) is 0. The quantitative estimate of drug-likeness (QED) is 0.0756. The van der Waals surface area contributed by atoms with Gasteiger partial charge in [0.05, 0.1) is 12.1 Å². The van der Waals surface area contributed by atoms with E-state index >= 15 is 0 Å². The van der Waals surface area contributed by atoms with Crippen LogP contribution in [0.4, 0.5) is 4.79 Å². The van der Waals surface area contributed by atoms with E-state index in [1.165, 1.54) is 0 Å². The van der Waals surface area contributed by atoms with E-state index in [1.807, 2.05) is 0 Å². The van der Waals surface area contributed by atoms with Gasteiger partial charge in [-0.1, -0.05) is 6.42 Å². The smallest absolute Gasteiger partial charge is 1.00 e. The molecule has 0 saturated carbocycles. The minimum atomic E-state index is -4.88. The van der Waals surface area contributed by atoms with Crippen molar-refractivity contribution in [2.24, 2.45) is 0 Å². The molecule has 5 atom stereocenters. The first-order valence-corrected chi connectivity index (χ1v) is 10.9. The van der Waals surface area contributed by atoms with E-state index < -0.39 is 39.3 Å². The van der Waals surface area contributed by atoms with Gasteiger partial charge in [-0.2, -0.15) is 20.2 Å². The van der Waals surface area contributed by atoms with Crippen molar-refractivity contribution in [2.75, 3.05) is 5.75 Å². The van der Waals surface area contributed by atoms with Crippen LogP contribution >= 0.6 is 11.8 Å². The molecule has 2 unspecified atom stereocenters. The number of thioether (sulfide) groups is 1. The number of unbranched alkanes of at least 4 members (excludes halogenated alkanes) is 1. The number of ether oxygens (including phenoxy) is 1. The second-order valence-electron chi connectivity index (χ2n) is 6.57. The number of amides is 4. The number of rotatable bonds is 7. The number of nitrogens with one attached hydrogen (secondary N) is 3. The number of hydrogen-bond acceptors (Lipinski definition) is 8. The molecule has 0 spiro atoms. The van der Waals surface area contributed by atoms with Crippen LogP contribution in [0.1, 0.15) is 27.1 Å². The van der Waals surface area contributed by atoms with Crippen LogP contribution in [0.2, 0.25) is 0 Å². The Morgan fingerprint density at radius 1 is 1.21 bits per heavy atom. The van der Waals surface area contributed by atoms with Crippen molar-refractivity contribution < 1.29 is 67.9 Å². The molecule has 152 valence electrons. The molecule has 0 aromatic rings. The van der Waals surface area contributed by atoms with Crippen LogP contribution in [0, 0.1) is 0 Å². The van der Waals surface area contributed by atoms with Crippen LogP contribution in [0.5, 0.6) is 0 Å². The second kappa shape index (κ2) is 9.30. The average molecular weight is 445 g/mol. The van der Waals surface area contributed by atoms with Gasteiger partial charge < -0.3 is 16.8 Å². The maximum Gasteiger partial charge on any atom is 1.00 e. The van der Waals surface area contributed by atoms with Crippen molar-refractivity contribution in [3.8, 4) is 0 Å². The molecule has 0 radical (unpaired) electrons. The molecule has 14 heteroatoms. The molecule has 4 N–H and O–H groups in total. The molecule has 0 aliphatic carbocycles. The Balaban J connectivity index is 0.00000210. The molecule has 0 aromatic heterocycles. The summed E-state index contributed by atoms with van der Waals surface area (Å²) in [5, 5.41) is 5.54. The summed E-state index contributed by atoms with van der Waals surface area (Å²) in [6, 6.07) is 0.0167. The predicted octanol–water partition coefficient (Wildman–Crippen LogP) is -4.35. The van der Waals surface area contributed by atoms with Crippen molar-refractivity contribution in [2.45, 2.75) is 54.4 Å². The number of urea groups is 1. The van der Waals surface area contributed by atoms with E-state index in [0.29, 0.717) is 12.8 Å². The first-order chi connectivity index (χ1) is 12.7. The van der Waals surface area contributed by atoms with Crippen LogP contribution < -0.4 is 45.5 Å². The summed E-state index contributed by atoms with van der Waals surface area (Å²) < 4.78 is 36.3. The molecule has 3 saturated heterocycles. The molecular weight excluding hydrogens is 425 g/mol. The van der Waals surface area contributed by atoms with E-state index in [2.05, 4.69) is 10.6 Å². The SMILES string of the molecule is O=C1N[C@H]2[C@H](CS[C@H]2CCCCC(=O)OC2C(=O)NC(=O)C2S(=O)(=O)O)N1.[H-].[Na+]. The summed E-state index contributed by atoms with van der Waals surface area (Å²) in [5.74, 6) is -2.29. The number of hydrogen-bond donors (Lipinski definition) is 4. The standard InChI is InChI=1S/C14H19N3O8S2.Na.H/c18-8(25-10-11(27(22,23)24)13(20)17-12(10)19)4-2-1-3-7-9-6(5-26-7)15-14(21)16-9;;/h6-7,9-11H,1-5H2,(H2,15,16,21)(H,17,19,20)(H,22,23,24);;/q;+1;-1/t6-,7-,9-,10?,11?;;/m0../s1. The Bertz CT molecular complexity index is 783. The fourth-order valence-corrected chi connectivity index (χ4v) is 5.77. The molecular formula is C14H20N3NaO8S2. The van der Waals surface area contributed by atoms with Crippen LogP contribution in [0.15, 0.2) is 0 Å². The van der Waals surface area contributed by atoms with E-state index in [9.17, 15) is 27.6 Å². The van der Waals surface area contributed by atoms with Gasteiger partial charge >= 0.3 is 41.6 Å². The van der Waals surface area contributed by atoms with Crippen LogP contribution in [-0.4, -0.2) is 71.2 Å². The van der Waals surface area contributed by atoms with Crippen molar-refractivity contribution in [3.63, 3.8) is 0 Å². The van der Waals surface area contributed by atoms with Gasteiger partial charge in [0.15, 0.2) is 0 Å². The maximum atomic E-state index is 11.9. The van der Waals surface area contributed by atoms with E-state index in [4.69, 9.17) is 9.29 Å². The minimum Gasteiger partial charge on any atom is -1.00 e. The number of carbonyl (C=O) groups is 4. The van der Waals surface area contributed by atoms with Crippen LogP contribution in [-0.2, 0) is 29.2 Å². The molecule has 28 heavy (non-hydrogen) atoms. The first kappa shape index (κ1) is 23.4. The normalized spacial score (nSPS) is 31.5. The van der Waals surface area contributed by atoms with Crippen molar-refractivity contribution in [3.05, 3.63) is 0 Å². The minimum absolute atomic E-state index is 0. The van der Waals surface area contributed by atoms with E-state index in [-0.39, 0.29) is 60.8 Å². The predicted molar refractivity (Wildman–Crippen MR) is 93.4 cm³/mol. The molecule has 3 fully saturated rings. The fraction of sp³-hybridized carbons (Fsp3) is 0.714. The second-order valence-corrected chi connectivity index (χ2v) is 9.38. The van der Waals surface area contributed by atoms with Gasteiger partial charge in [0.25, 0.3) is 21.9 Å². The molecule has 3 rings (SSSR count). The zero-order chi connectivity index (χ0) is 19.8. The summed E-state index contributed by atoms with van der Waals surface area (Å²) in [6.07, 6.45) is -0.0637. The van der Waals surface area contributed by atoms with Crippen molar-refractivity contribution >= 4 is 45.7 Å². The summed E-state index contributed by atoms with van der Waals surface area (Å²) in [7, 11) is -4.88. The largest absolute Gasteiger partial charge is 1.00 e. The Hall–Kier alpha value is -0.860. The molecule has 4 amide bonds. The summed E-state index contributed by atoms with van der Waals surface area (Å²) in [6.45, 7) is 0. The molecule has 3 aliphatic rings. The number of carbonyl (C=O) groups excluding carboxylic acids is 4. The number of fused-ring (bicyclic) bond motifs is 1. The third-order valence-corrected chi connectivity index (χ3v) is 7.29. The maximum absolute atomic E-state index is 11.9. The van der Waals surface area contributed by atoms with Gasteiger partial charge in [0.2, 0.25) is 11.4 Å². The monoisotopic (exact) mass is 445 g/mol.